The van der Waals surface area contributed by atoms with Crippen LogP contribution in [0.3, 0.4) is 0 Å². The van der Waals surface area contributed by atoms with Crippen LogP contribution in [0.15, 0.2) is 95.7 Å². The van der Waals surface area contributed by atoms with Gasteiger partial charge in [-0.05, 0) is 47.0 Å². The summed E-state index contributed by atoms with van der Waals surface area (Å²) in [7, 11) is 0. The first-order valence-corrected chi connectivity index (χ1v) is 10.5. The molecule has 1 atom stereocenters. The average Bonchev–Trinajstić information content (AvgIpc) is 3.27. The molecule has 0 radical (unpaired) electrons. The number of anilines is 1. The molecule has 2 heterocycles. The third-order valence-corrected chi connectivity index (χ3v) is 5.56. The van der Waals surface area contributed by atoms with Crippen molar-refractivity contribution in [1.82, 2.24) is 14.8 Å². The lowest BCUT2D eigenvalue weighted by molar-refractivity contribution is 0.306. The van der Waals surface area contributed by atoms with Crippen LogP contribution in [-0.4, -0.2) is 14.8 Å². The molecule has 0 fully saturated rings. The van der Waals surface area contributed by atoms with Gasteiger partial charge in [-0.25, -0.2) is 4.68 Å². The van der Waals surface area contributed by atoms with Gasteiger partial charge in [-0.1, -0.05) is 70.5 Å². The number of halogens is 1. The first-order valence-electron chi connectivity index (χ1n) is 9.67. The van der Waals surface area contributed by atoms with E-state index in [0.717, 1.165) is 38.6 Å². The summed E-state index contributed by atoms with van der Waals surface area (Å²) in [5.74, 6) is 1.57. The Balaban J connectivity index is 1.40. The van der Waals surface area contributed by atoms with Gasteiger partial charge in [-0.15, -0.1) is 0 Å². The maximum absolute atomic E-state index is 5.92. The standard InChI is InChI=1S/C24H19BrN4O/c25-20-10-6-18(7-11-20)22-14-23(29-24(28-22)26-16-27-29)19-8-12-21(13-9-19)30-15-17-4-2-1-3-5-17/h1-14,16,23H,15H2,(H,26,27,28)/t23-/m1/s1. The number of nitrogens with one attached hydrogen (secondary N) is 1. The van der Waals surface area contributed by atoms with Crippen LogP contribution in [0.4, 0.5) is 5.95 Å². The van der Waals surface area contributed by atoms with E-state index in [1.165, 1.54) is 0 Å². The smallest absolute Gasteiger partial charge is 0.226 e. The summed E-state index contributed by atoms with van der Waals surface area (Å²) < 4.78 is 8.86. The van der Waals surface area contributed by atoms with Crippen molar-refractivity contribution in [2.24, 2.45) is 0 Å². The molecule has 1 aromatic heterocycles. The normalized spacial score (nSPS) is 15.1. The molecule has 5 rings (SSSR count). The van der Waals surface area contributed by atoms with Crippen LogP contribution in [0, 0.1) is 0 Å². The zero-order chi connectivity index (χ0) is 20.3. The van der Waals surface area contributed by atoms with Crippen LogP contribution in [0.1, 0.15) is 22.7 Å². The van der Waals surface area contributed by atoms with Gasteiger partial charge in [0.25, 0.3) is 0 Å². The molecule has 0 saturated heterocycles. The largest absolute Gasteiger partial charge is 0.489 e. The molecule has 4 aromatic rings. The molecule has 0 saturated carbocycles. The van der Waals surface area contributed by atoms with Crippen molar-refractivity contribution >= 4 is 27.6 Å². The number of aromatic nitrogens is 3. The van der Waals surface area contributed by atoms with Gasteiger partial charge in [0, 0.05) is 10.2 Å². The van der Waals surface area contributed by atoms with Crippen LogP contribution < -0.4 is 10.1 Å². The van der Waals surface area contributed by atoms with Gasteiger partial charge in [0.05, 0.1) is 0 Å². The number of ether oxygens (including phenoxy) is 1. The second-order valence-electron chi connectivity index (χ2n) is 7.03. The quantitative estimate of drug-likeness (QED) is 0.418. The van der Waals surface area contributed by atoms with Crippen LogP contribution in [-0.2, 0) is 6.61 Å². The molecule has 5 nitrogen and oxygen atoms in total. The second kappa shape index (κ2) is 8.16. The van der Waals surface area contributed by atoms with E-state index in [-0.39, 0.29) is 6.04 Å². The maximum Gasteiger partial charge on any atom is 0.226 e. The van der Waals surface area contributed by atoms with Crippen molar-refractivity contribution < 1.29 is 4.74 Å². The highest BCUT2D eigenvalue weighted by Gasteiger charge is 2.23. The first-order chi connectivity index (χ1) is 14.8. The monoisotopic (exact) mass is 458 g/mol. The minimum Gasteiger partial charge on any atom is -0.489 e. The Morgan fingerprint density at radius 2 is 1.70 bits per heavy atom. The van der Waals surface area contributed by atoms with E-state index >= 15 is 0 Å². The van der Waals surface area contributed by atoms with Gasteiger partial charge >= 0.3 is 0 Å². The lowest BCUT2D eigenvalue weighted by atomic mass is 10.0. The van der Waals surface area contributed by atoms with E-state index in [2.05, 4.69) is 73.8 Å². The number of hydrogen-bond donors (Lipinski definition) is 1. The van der Waals surface area contributed by atoms with Crippen molar-refractivity contribution in [3.8, 4) is 5.75 Å². The Hall–Kier alpha value is -3.38. The fraction of sp³-hybridized carbons (Fsp3) is 0.0833. The number of hydrogen-bond acceptors (Lipinski definition) is 4. The Morgan fingerprint density at radius 3 is 2.47 bits per heavy atom. The van der Waals surface area contributed by atoms with E-state index in [4.69, 9.17) is 4.74 Å². The fourth-order valence-corrected chi connectivity index (χ4v) is 3.74. The Kier molecular flexibility index (Phi) is 5.07. The van der Waals surface area contributed by atoms with Gasteiger partial charge < -0.3 is 10.1 Å². The predicted molar refractivity (Wildman–Crippen MR) is 121 cm³/mol. The molecule has 30 heavy (non-hydrogen) atoms. The highest BCUT2D eigenvalue weighted by atomic mass is 79.9. The van der Waals surface area contributed by atoms with Crippen molar-refractivity contribution in [2.75, 3.05) is 5.32 Å². The average molecular weight is 459 g/mol. The topological polar surface area (TPSA) is 52.0 Å². The number of fused-ring (bicyclic) bond motifs is 1. The molecule has 1 aliphatic heterocycles. The molecule has 0 amide bonds. The zero-order valence-corrected chi connectivity index (χ0v) is 17.7. The lowest BCUT2D eigenvalue weighted by Crippen LogP contribution is -2.20. The maximum atomic E-state index is 5.92. The summed E-state index contributed by atoms with van der Waals surface area (Å²) in [5.41, 5.74) is 4.37. The van der Waals surface area contributed by atoms with Crippen LogP contribution >= 0.6 is 15.9 Å². The minimum absolute atomic E-state index is 0.0504. The molecule has 0 aliphatic carbocycles. The lowest BCUT2D eigenvalue weighted by Gasteiger charge is -2.24. The van der Waals surface area contributed by atoms with E-state index in [1.54, 1.807) is 6.33 Å². The van der Waals surface area contributed by atoms with Crippen molar-refractivity contribution in [2.45, 2.75) is 12.6 Å². The number of benzene rings is 3. The Bertz CT molecular complexity index is 1170. The first kappa shape index (κ1) is 18.6. The van der Waals surface area contributed by atoms with Crippen LogP contribution in [0.25, 0.3) is 5.70 Å². The van der Waals surface area contributed by atoms with Crippen LogP contribution in [0.5, 0.6) is 5.75 Å². The molecule has 148 valence electrons. The fourth-order valence-electron chi connectivity index (χ4n) is 3.47. The van der Waals surface area contributed by atoms with E-state index in [9.17, 15) is 0 Å². The molecular weight excluding hydrogens is 440 g/mol. The number of allylic oxidation sites excluding steroid dienone is 1. The minimum atomic E-state index is -0.0504. The highest BCUT2D eigenvalue weighted by molar-refractivity contribution is 9.10. The van der Waals surface area contributed by atoms with Gasteiger partial charge in [0.2, 0.25) is 5.95 Å². The van der Waals surface area contributed by atoms with Crippen molar-refractivity contribution in [3.05, 3.63) is 112 Å². The molecule has 1 N–H and O–H groups in total. The summed E-state index contributed by atoms with van der Waals surface area (Å²) in [4.78, 5) is 4.37. The number of rotatable bonds is 5. The van der Waals surface area contributed by atoms with Gasteiger partial charge in [0.1, 0.15) is 24.7 Å². The number of nitrogens with zero attached hydrogens (tertiary/aromatic N) is 3. The summed E-state index contributed by atoms with van der Waals surface area (Å²) in [6, 6.07) is 26.5. The predicted octanol–water partition coefficient (Wildman–Crippen LogP) is 5.68. The molecule has 6 heteroatoms. The summed E-state index contributed by atoms with van der Waals surface area (Å²) in [6.45, 7) is 0.550. The molecule has 3 aromatic carbocycles. The summed E-state index contributed by atoms with van der Waals surface area (Å²) in [5, 5.41) is 7.79. The SMILES string of the molecule is Brc1ccc(C2=C[C@H](c3ccc(OCc4ccccc4)cc3)n3ncnc3N2)cc1. The zero-order valence-electron chi connectivity index (χ0n) is 16.1. The molecule has 0 spiro atoms. The van der Waals surface area contributed by atoms with Crippen molar-refractivity contribution in [1.29, 1.82) is 0 Å². The second-order valence-corrected chi connectivity index (χ2v) is 7.94. The van der Waals surface area contributed by atoms with Crippen molar-refractivity contribution in [3.63, 3.8) is 0 Å². The Labute approximate surface area is 183 Å². The van der Waals surface area contributed by atoms with Gasteiger partial charge in [-0.2, -0.15) is 10.1 Å². The Morgan fingerprint density at radius 1 is 0.933 bits per heavy atom. The molecular formula is C24H19BrN4O. The summed E-state index contributed by atoms with van der Waals surface area (Å²) in [6.07, 6.45) is 3.75. The van der Waals surface area contributed by atoms with E-state index < -0.39 is 0 Å². The van der Waals surface area contributed by atoms with Gasteiger partial charge in [-0.3, -0.25) is 0 Å². The third kappa shape index (κ3) is 3.86. The van der Waals surface area contributed by atoms with E-state index in [0.29, 0.717) is 6.61 Å². The van der Waals surface area contributed by atoms with E-state index in [1.807, 2.05) is 47.1 Å². The van der Waals surface area contributed by atoms with Gasteiger partial charge in [0.15, 0.2) is 0 Å². The molecule has 1 aliphatic rings. The molecule has 0 bridgehead atoms. The summed E-state index contributed by atoms with van der Waals surface area (Å²) >= 11 is 3.49. The van der Waals surface area contributed by atoms with Crippen LogP contribution in [0.2, 0.25) is 0 Å². The highest BCUT2D eigenvalue weighted by Crippen LogP contribution is 2.33. The third-order valence-electron chi connectivity index (χ3n) is 5.03. The molecule has 0 unspecified atom stereocenters.